The van der Waals surface area contributed by atoms with Crippen LogP contribution in [0.1, 0.15) is 33.1 Å². The minimum Gasteiger partial charge on any atom is -0.354 e. The van der Waals surface area contributed by atoms with Crippen LogP contribution >= 0.6 is 0 Å². The van der Waals surface area contributed by atoms with E-state index in [0.717, 1.165) is 38.9 Å². The Morgan fingerprint density at radius 3 is 2.68 bits per heavy atom. The molecule has 19 heavy (non-hydrogen) atoms. The fraction of sp³-hybridized carbons (Fsp3) is 0.714. The second kappa shape index (κ2) is 6.17. The van der Waals surface area contributed by atoms with Crippen LogP contribution in [-0.4, -0.2) is 36.6 Å². The molecule has 1 fully saturated rings. The number of hydrogen-bond donors (Lipinski definition) is 0. The van der Waals surface area contributed by atoms with Crippen molar-refractivity contribution in [2.24, 2.45) is 5.92 Å². The molecule has 1 aromatic rings. The van der Waals surface area contributed by atoms with Crippen molar-refractivity contribution in [3.8, 4) is 0 Å². The molecule has 0 bridgehead atoms. The molecule has 0 N–H and O–H groups in total. The maximum Gasteiger partial charge on any atom is 0.227 e. The predicted octanol–water partition coefficient (Wildman–Crippen LogP) is 2.70. The third-order valence-corrected chi connectivity index (χ3v) is 3.50. The van der Waals surface area contributed by atoms with E-state index in [4.69, 9.17) is 0 Å². The molecule has 2 heterocycles. The largest absolute Gasteiger partial charge is 0.354 e. The van der Waals surface area contributed by atoms with E-state index in [2.05, 4.69) is 23.8 Å². The summed E-state index contributed by atoms with van der Waals surface area (Å²) in [5, 5.41) is 0. The maximum absolute atomic E-state index is 13.8. The van der Waals surface area contributed by atoms with Crippen LogP contribution in [0.15, 0.2) is 6.20 Å². The molecule has 0 amide bonds. The van der Waals surface area contributed by atoms with Crippen molar-refractivity contribution >= 4 is 11.8 Å². The number of aromatic nitrogens is 2. The van der Waals surface area contributed by atoms with Crippen LogP contribution in [-0.2, 0) is 0 Å². The first kappa shape index (κ1) is 14.0. The lowest BCUT2D eigenvalue weighted by Crippen LogP contribution is -2.25. The third kappa shape index (κ3) is 3.55. The summed E-state index contributed by atoms with van der Waals surface area (Å²) in [6, 6.07) is 0. The van der Waals surface area contributed by atoms with E-state index < -0.39 is 0 Å². The van der Waals surface area contributed by atoms with Crippen molar-refractivity contribution in [3.63, 3.8) is 0 Å². The molecule has 0 aliphatic carbocycles. The fourth-order valence-electron chi connectivity index (χ4n) is 2.24. The first-order valence-corrected chi connectivity index (χ1v) is 7.06. The summed E-state index contributed by atoms with van der Waals surface area (Å²) in [6.07, 6.45) is 4.60. The highest BCUT2D eigenvalue weighted by Gasteiger charge is 2.19. The Morgan fingerprint density at radius 2 is 2.05 bits per heavy atom. The summed E-state index contributed by atoms with van der Waals surface area (Å²) in [5.41, 5.74) is 0. The Balaban J connectivity index is 2.11. The molecule has 2 rings (SSSR count). The van der Waals surface area contributed by atoms with Gasteiger partial charge in [-0.15, -0.1) is 0 Å². The van der Waals surface area contributed by atoms with E-state index in [0.29, 0.717) is 17.7 Å². The summed E-state index contributed by atoms with van der Waals surface area (Å²) < 4.78 is 13.8. The predicted molar refractivity (Wildman–Crippen MR) is 76.2 cm³/mol. The molecule has 0 unspecified atom stereocenters. The molecule has 0 aromatic carbocycles. The van der Waals surface area contributed by atoms with Gasteiger partial charge in [-0.05, 0) is 25.2 Å². The van der Waals surface area contributed by atoms with E-state index in [-0.39, 0.29) is 5.82 Å². The third-order valence-electron chi connectivity index (χ3n) is 3.50. The van der Waals surface area contributed by atoms with E-state index in [9.17, 15) is 4.39 Å². The average Bonchev–Trinajstić information content (AvgIpc) is 2.90. The van der Waals surface area contributed by atoms with E-state index >= 15 is 0 Å². The molecule has 106 valence electrons. The Morgan fingerprint density at radius 1 is 1.37 bits per heavy atom. The van der Waals surface area contributed by atoms with Gasteiger partial charge in [0, 0.05) is 26.7 Å². The Kier molecular flexibility index (Phi) is 4.56. The molecule has 1 aliphatic heterocycles. The topological polar surface area (TPSA) is 32.3 Å². The van der Waals surface area contributed by atoms with Gasteiger partial charge < -0.3 is 9.80 Å². The minimum absolute atomic E-state index is 0.317. The Labute approximate surface area is 114 Å². The lowest BCUT2D eigenvalue weighted by molar-refractivity contribution is 0.577. The van der Waals surface area contributed by atoms with Crippen molar-refractivity contribution < 1.29 is 4.39 Å². The van der Waals surface area contributed by atoms with Gasteiger partial charge in [0.25, 0.3) is 0 Å². The van der Waals surface area contributed by atoms with Gasteiger partial charge in [0.2, 0.25) is 5.95 Å². The van der Waals surface area contributed by atoms with Crippen molar-refractivity contribution in [1.29, 1.82) is 0 Å². The first-order valence-electron chi connectivity index (χ1n) is 7.06. The van der Waals surface area contributed by atoms with Crippen molar-refractivity contribution in [3.05, 3.63) is 12.0 Å². The highest BCUT2D eigenvalue weighted by molar-refractivity contribution is 5.45. The van der Waals surface area contributed by atoms with Gasteiger partial charge in [-0.25, -0.2) is 9.37 Å². The zero-order valence-electron chi connectivity index (χ0n) is 12.1. The minimum atomic E-state index is -0.317. The zero-order chi connectivity index (χ0) is 13.8. The molecule has 0 atom stereocenters. The van der Waals surface area contributed by atoms with Crippen LogP contribution in [0.3, 0.4) is 0 Å². The van der Waals surface area contributed by atoms with Crippen molar-refractivity contribution in [1.82, 2.24) is 9.97 Å². The molecule has 1 aliphatic rings. The molecule has 5 heteroatoms. The Bertz CT molecular complexity index is 416. The normalized spacial score (nSPS) is 15.3. The highest BCUT2D eigenvalue weighted by atomic mass is 19.1. The number of hydrogen-bond acceptors (Lipinski definition) is 4. The number of halogens is 1. The zero-order valence-corrected chi connectivity index (χ0v) is 12.1. The van der Waals surface area contributed by atoms with Crippen LogP contribution in [0.2, 0.25) is 0 Å². The highest BCUT2D eigenvalue weighted by Crippen LogP contribution is 2.22. The monoisotopic (exact) mass is 266 g/mol. The quantitative estimate of drug-likeness (QED) is 0.820. The van der Waals surface area contributed by atoms with Gasteiger partial charge >= 0.3 is 0 Å². The van der Waals surface area contributed by atoms with Crippen molar-refractivity contribution in [2.75, 3.05) is 36.5 Å². The summed E-state index contributed by atoms with van der Waals surface area (Å²) >= 11 is 0. The van der Waals surface area contributed by atoms with Gasteiger partial charge in [-0.3, -0.25) is 0 Å². The van der Waals surface area contributed by atoms with Gasteiger partial charge in [0.05, 0.1) is 6.20 Å². The van der Waals surface area contributed by atoms with Crippen molar-refractivity contribution in [2.45, 2.75) is 33.1 Å². The second-order valence-corrected chi connectivity index (χ2v) is 5.64. The van der Waals surface area contributed by atoms with Crippen LogP contribution < -0.4 is 9.80 Å². The van der Waals surface area contributed by atoms with Crippen LogP contribution in [0.25, 0.3) is 0 Å². The molecule has 0 radical (unpaired) electrons. The molecular formula is C14H23FN4. The number of rotatable bonds is 5. The summed E-state index contributed by atoms with van der Waals surface area (Å²) in [6.45, 7) is 7.05. The smallest absolute Gasteiger partial charge is 0.227 e. The molecular weight excluding hydrogens is 243 g/mol. The molecule has 0 spiro atoms. The SMILES string of the molecule is CC(C)CCN(C)c1ncc(F)c(N2CCCC2)n1. The molecule has 0 saturated carbocycles. The summed E-state index contributed by atoms with van der Waals surface area (Å²) in [5.74, 6) is 1.40. The maximum atomic E-state index is 13.8. The summed E-state index contributed by atoms with van der Waals surface area (Å²) in [4.78, 5) is 12.5. The van der Waals surface area contributed by atoms with Gasteiger partial charge in [-0.2, -0.15) is 4.98 Å². The summed E-state index contributed by atoms with van der Waals surface area (Å²) in [7, 11) is 1.96. The standard InChI is InChI=1S/C14H23FN4/c1-11(2)6-9-18(3)14-16-10-12(15)13(17-14)19-7-4-5-8-19/h10-11H,4-9H2,1-3H3. The van der Waals surface area contributed by atoms with E-state index in [1.54, 1.807) is 0 Å². The lowest BCUT2D eigenvalue weighted by atomic mass is 10.1. The van der Waals surface area contributed by atoms with Crippen LogP contribution in [0.4, 0.5) is 16.2 Å². The average molecular weight is 266 g/mol. The number of anilines is 2. The molecule has 4 nitrogen and oxygen atoms in total. The van der Waals surface area contributed by atoms with Gasteiger partial charge in [-0.1, -0.05) is 13.8 Å². The van der Waals surface area contributed by atoms with E-state index in [1.807, 2.05) is 16.8 Å². The molecule has 1 saturated heterocycles. The van der Waals surface area contributed by atoms with Gasteiger partial charge in [0.15, 0.2) is 11.6 Å². The van der Waals surface area contributed by atoms with Crippen LogP contribution in [0, 0.1) is 11.7 Å². The lowest BCUT2D eigenvalue weighted by Gasteiger charge is -2.21. The Hall–Kier alpha value is -1.39. The van der Waals surface area contributed by atoms with E-state index in [1.165, 1.54) is 6.20 Å². The first-order chi connectivity index (χ1) is 9.08. The fourth-order valence-corrected chi connectivity index (χ4v) is 2.24. The van der Waals surface area contributed by atoms with Gasteiger partial charge in [0.1, 0.15) is 0 Å². The molecule has 1 aromatic heterocycles. The van der Waals surface area contributed by atoms with Crippen LogP contribution in [0.5, 0.6) is 0 Å². The number of nitrogens with zero attached hydrogens (tertiary/aromatic N) is 4. The second-order valence-electron chi connectivity index (χ2n) is 5.64.